The molecule has 0 fully saturated rings. The van der Waals surface area contributed by atoms with E-state index < -0.39 is 11.8 Å². The number of halogens is 1. The molecule has 5 rings (SSSR count). The third-order valence-electron chi connectivity index (χ3n) is 6.10. The number of methoxy groups -OCH3 is 1. The molecule has 1 aromatic heterocycles. The average molecular weight is 560 g/mol. The Morgan fingerprint density at radius 3 is 2.27 bits per heavy atom. The summed E-state index contributed by atoms with van der Waals surface area (Å²) in [5.41, 5.74) is 1.55. The summed E-state index contributed by atoms with van der Waals surface area (Å²) < 4.78 is 13.0. The molecule has 0 atom stereocenters. The van der Waals surface area contributed by atoms with Gasteiger partial charge < -0.3 is 9.47 Å². The number of aromatic nitrogens is 2. The van der Waals surface area contributed by atoms with E-state index in [0.717, 1.165) is 10.5 Å². The van der Waals surface area contributed by atoms with Gasteiger partial charge in [0.15, 0.2) is 0 Å². The van der Waals surface area contributed by atoms with Gasteiger partial charge in [0, 0.05) is 9.86 Å². The zero-order valence-corrected chi connectivity index (χ0v) is 21.5. The minimum Gasteiger partial charge on any atom is -0.497 e. The maximum Gasteiger partial charge on any atom is 0.278 e. The Hall–Kier alpha value is -4.24. The Labute approximate surface area is 220 Å². The van der Waals surface area contributed by atoms with E-state index in [1.54, 1.807) is 61.7 Å². The molecule has 1 aliphatic rings. The van der Waals surface area contributed by atoms with Gasteiger partial charge in [0.25, 0.3) is 17.4 Å². The molecule has 4 aromatic rings. The fourth-order valence-corrected chi connectivity index (χ4v) is 4.76. The smallest absolute Gasteiger partial charge is 0.278 e. The van der Waals surface area contributed by atoms with Crippen LogP contribution in [0, 0.1) is 0 Å². The lowest BCUT2D eigenvalue weighted by atomic mass is 10.1. The van der Waals surface area contributed by atoms with Gasteiger partial charge in [-0.3, -0.25) is 19.3 Å². The number of hydrogen-bond donors (Lipinski definition) is 0. The number of nitrogens with zero attached hydrogens (tertiary/aromatic N) is 3. The molecule has 1 aliphatic heterocycles. The normalized spacial score (nSPS) is 12.6. The molecule has 3 aromatic carbocycles. The highest BCUT2D eigenvalue weighted by Crippen LogP contribution is 2.31. The second kappa shape index (κ2) is 10.0. The number of rotatable bonds is 8. The first-order valence-corrected chi connectivity index (χ1v) is 12.3. The number of carbonyl (C=O) groups is 2. The van der Waals surface area contributed by atoms with Gasteiger partial charge in [-0.2, -0.15) is 5.10 Å². The van der Waals surface area contributed by atoms with Crippen molar-refractivity contribution in [1.82, 2.24) is 14.7 Å². The van der Waals surface area contributed by atoms with Crippen LogP contribution in [0.3, 0.4) is 0 Å². The van der Waals surface area contributed by atoms with Gasteiger partial charge in [0.05, 0.1) is 42.4 Å². The van der Waals surface area contributed by atoms with Gasteiger partial charge in [-0.15, -0.1) is 0 Å². The highest BCUT2D eigenvalue weighted by molar-refractivity contribution is 9.10. The summed E-state index contributed by atoms with van der Waals surface area (Å²) in [4.78, 5) is 41.0. The lowest BCUT2D eigenvalue weighted by Gasteiger charge is -2.18. The summed E-state index contributed by atoms with van der Waals surface area (Å²) in [7, 11) is 1.58. The molecule has 9 heteroatoms. The van der Waals surface area contributed by atoms with E-state index in [0.29, 0.717) is 43.6 Å². The Bertz CT molecular complexity index is 1580. The number of benzene rings is 3. The highest BCUT2D eigenvalue weighted by atomic mass is 79.9. The lowest BCUT2D eigenvalue weighted by molar-refractivity contribution is 0.0640. The van der Waals surface area contributed by atoms with E-state index in [1.165, 1.54) is 4.68 Å². The van der Waals surface area contributed by atoms with E-state index in [4.69, 9.17) is 9.47 Å². The second-order valence-electron chi connectivity index (χ2n) is 8.43. The minimum absolute atomic E-state index is 0.108. The molecule has 0 bridgehead atoms. The summed E-state index contributed by atoms with van der Waals surface area (Å²) >= 11 is 3.48. The number of amides is 2. The van der Waals surface area contributed by atoms with Crippen molar-refractivity contribution in [2.45, 2.75) is 13.1 Å². The third kappa shape index (κ3) is 4.53. The summed E-state index contributed by atoms with van der Waals surface area (Å²) in [5, 5.41) is 5.42. The summed E-state index contributed by atoms with van der Waals surface area (Å²) in [6.07, 6.45) is 1.59. The molecule has 0 N–H and O–H groups in total. The largest absolute Gasteiger partial charge is 0.497 e. The molecule has 0 unspecified atom stereocenters. The number of ether oxygens (including phenoxy) is 2. The Kier molecular flexibility index (Phi) is 6.62. The molecule has 0 spiro atoms. The predicted molar refractivity (Wildman–Crippen MR) is 142 cm³/mol. The van der Waals surface area contributed by atoms with Crippen molar-refractivity contribution in [3.05, 3.63) is 111 Å². The quantitative estimate of drug-likeness (QED) is 0.232. The molecule has 37 heavy (non-hydrogen) atoms. The van der Waals surface area contributed by atoms with Crippen molar-refractivity contribution in [3.63, 3.8) is 0 Å². The maximum absolute atomic E-state index is 13.7. The number of hydrogen-bond acceptors (Lipinski definition) is 6. The molecular weight excluding hydrogens is 538 g/mol. The van der Waals surface area contributed by atoms with E-state index >= 15 is 0 Å². The van der Waals surface area contributed by atoms with Crippen LogP contribution in [-0.4, -0.2) is 40.2 Å². The van der Waals surface area contributed by atoms with Crippen LogP contribution in [0.5, 0.6) is 11.5 Å². The fourth-order valence-electron chi connectivity index (χ4n) is 4.33. The summed E-state index contributed by atoms with van der Waals surface area (Å²) in [6, 6.07) is 17.4. The summed E-state index contributed by atoms with van der Waals surface area (Å²) in [5.74, 6) is 0.241. The number of imide groups is 1. The van der Waals surface area contributed by atoms with E-state index in [9.17, 15) is 14.4 Å². The van der Waals surface area contributed by atoms with Crippen LogP contribution in [0.15, 0.2) is 82.6 Å². The Balaban J connectivity index is 1.65. The topological polar surface area (TPSA) is 90.7 Å². The lowest BCUT2D eigenvalue weighted by Crippen LogP contribution is -2.32. The zero-order valence-electron chi connectivity index (χ0n) is 19.9. The van der Waals surface area contributed by atoms with Crippen LogP contribution in [-0.2, 0) is 13.1 Å². The van der Waals surface area contributed by atoms with Crippen LogP contribution in [0.2, 0.25) is 0 Å². The number of fused-ring (bicyclic) bond motifs is 2. The van der Waals surface area contributed by atoms with Crippen LogP contribution < -0.4 is 15.0 Å². The monoisotopic (exact) mass is 559 g/mol. The Morgan fingerprint density at radius 1 is 0.973 bits per heavy atom. The molecule has 186 valence electrons. The predicted octanol–water partition coefficient (Wildman–Crippen LogP) is 4.58. The van der Waals surface area contributed by atoms with Gasteiger partial charge in [-0.05, 0) is 42.0 Å². The molecule has 2 amide bonds. The third-order valence-corrected chi connectivity index (χ3v) is 6.56. The fraction of sp³-hybridized carbons (Fsp3) is 0.143. The van der Waals surface area contributed by atoms with Crippen molar-refractivity contribution < 1.29 is 19.1 Å². The maximum atomic E-state index is 13.7. The molecule has 8 nitrogen and oxygen atoms in total. The second-order valence-corrected chi connectivity index (χ2v) is 9.34. The van der Waals surface area contributed by atoms with Crippen molar-refractivity contribution in [2.75, 3.05) is 13.7 Å². The Morgan fingerprint density at radius 2 is 1.65 bits per heavy atom. The van der Waals surface area contributed by atoms with Crippen molar-refractivity contribution in [2.24, 2.45) is 0 Å². The van der Waals surface area contributed by atoms with Crippen LogP contribution in [0.4, 0.5) is 0 Å². The van der Waals surface area contributed by atoms with E-state index in [-0.39, 0.29) is 25.3 Å². The molecule has 0 saturated heterocycles. The van der Waals surface area contributed by atoms with Gasteiger partial charge in [0.2, 0.25) is 0 Å². The standard InChI is InChI=1S/C28H22BrN3O5/c1-3-12-37-24-14-18(29)13-22-23(16-31-26(33)20-6-4-5-7-21(20)27(31)34)30-32(28(35)25(22)24)15-17-8-10-19(36-2)11-9-17/h3-11,13-14H,1,12,15-16H2,2H3. The molecule has 2 heterocycles. The molecule has 0 aliphatic carbocycles. The van der Waals surface area contributed by atoms with E-state index in [2.05, 4.69) is 27.6 Å². The zero-order chi connectivity index (χ0) is 26.1. The first kappa shape index (κ1) is 24.5. The van der Waals surface area contributed by atoms with Gasteiger partial charge in [-0.25, -0.2) is 4.68 Å². The van der Waals surface area contributed by atoms with Gasteiger partial charge in [0.1, 0.15) is 18.1 Å². The van der Waals surface area contributed by atoms with Crippen LogP contribution >= 0.6 is 15.9 Å². The molecule has 0 radical (unpaired) electrons. The average Bonchev–Trinajstić information content (AvgIpc) is 3.15. The summed E-state index contributed by atoms with van der Waals surface area (Å²) in [6.45, 7) is 3.94. The SMILES string of the molecule is C=CCOc1cc(Br)cc2c(CN3C(=O)c4ccccc4C3=O)nn(Cc3ccc(OC)cc3)c(=O)c12. The van der Waals surface area contributed by atoms with Crippen molar-refractivity contribution >= 4 is 38.5 Å². The minimum atomic E-state index is -0.401. The number of carbonyl (C=O) groups excluding carboxylic acids is 2. The van der Waals surface area contributed by atoms with Gasteiger partial charge >= 0.3 is 0 Å². The molecular formula is C28H22BrN3O5. The van der Waals surface area contributed by atoms with Gasteiger partial charge in [-0.1, -0.05) is 52.9 Å². The van der Waals surface area contributed by atoms with E-state index in [1.807, 2.05) is 12.1 Å². The van der Waals surface area contributed by atoms with Crippen molar-refractivity contribution in [3.8, 4) is 11.5 Å². The highest BCUT2D eigenvalue weighted by Gasteiger charge is 2.36. The van der Waals surface area contributed by atoms with Crippen LogP contribution in [0.1, 0.15) is 32.0 Å². The first-order chi connectivity index (χ1) is 17.9. The van der Waals surface area contributed by atoms with Crippen molar-refractivity contribution in [1.29, 1.82) is 0 Å². The first-order valence-electron chi connectivity index (χ1n) is 11.5. The molecule has 0 saturated carbocycles. The van der Waals surface area contributed by atoms with Crippen LogP contribution in [0.25, 0.3) is 10.8 Å².